The van der Waals surface area contributed by atoms with Crippen molar-refractivity contribution >= 4 is 0 Å². The van der Waals surface area contributed by atoms with E-state index in [1.165, 1.54) is 32.1 Å². The van der Waals surface area contributed by atoms with Crippen LogP contribution in [0.2, 0.25) is 0 Å². The first-order chi connectivity index (χ1) is 6.24. The lowest BCUT2D eigenvalue weighted by molar-refractivity contribution is 0.277. The molecule has 13 heavy (non-hydrogen) atoms. The first-order valence-electron chi connectivity index (χ1n) is 5.46. The Kier molecular flexibility index (Phi) is 4.32. The third kappa shape index (κ3) is 3.40. The summed E-state index contributed by atoms with van der Waals surface area (Å²) < 4.78 is 0. The molecule has 1 rings (SSSR count). The summed E-state index contributed by atoms with van der Waals surface area (Å²) >= 11 is 0. The Morgan fingerprint density at radius 3 is 2.38 bits per heavy atom. The van der Waals surface area contributed by atoms with Crippen molar-refractivity contribution in [3.63, 3.8) is 0 Å². The summed E-state index contributed by atoms with van der Waals surface area (Å²) in [5.74, 6) is 3.58. The molecule has 1 aliphatic rings. The molecule has 1 saturated carbocycles. The molecule has 0 heterocycles. The Morgan fingerprint density at radius 1 is 1.23 bits per heavy atom. The lowest BCUT2D eigenvalue weighted by atomic mass is 9.84. The molecule has 1 nitrogen and oxygen atoms in total. The molecule has 0 aromatic carbocycles. The SMILES string of the molecule is C#CC(C)N[C@H](C)C1CCCCC1. The van der Waals surface area contributed by atoms with Gasteiger partial charge in [-0.05, 0) is 32.6 Å². The molecule has 1 fully saturated rings. The van der Waals surface area contributed by atoms with Crippen LogP contribution in [0.4, 0.5) is 0 Å². The van der Waals surface area contributed by atoms with Gasteiger partial charge in [0.2, 0.25) is 0 Å². The van der Waals surface area contributed by atoms with E-state index in [1.54, 1.807) is 0 Å². The summed E-state index contributed by atoms with van der Waals surface area (Å²) in [5.41, 5.74) is 0. The standard InChI is InChI=1S/C12H21N/c1-4-10(2)13-11(3)12-8-6-5-7-9-12/h1,10-13H,5-9H2,2-3H3/t10?,11-/m1/s1. The predicted molar refractivity (Wildman–Crippen MR) is 57.5 cm³/mol. The van der Waals surface area contributed by atoms with Crippen molar-refractivity contribution in [3.05, 3.63) is 0 Å². The molecular weight excluding hydrogens is 158 g/mol. The maximum absolute atomic E-state index is 5.34. The van der Waals surface area contributed by atoms with Crippen LogP contribution in [0.25, 0.3) is 0 Å². The lowest BCUT2D eigenvalue weighted by Crippen LogP contribution is -2.39. The highest BCUT2D eigenvalue weighted by Gasteiger charge is 2.20. The molecule has 74 valence electrons. The van der Waals surface area contributed by atoms with Crippen molar-refractivity contribution in [1.29, 1.82) is 0 Å². The van der Waals surface area contributed by atoms with Gasteiger partial charge in [0.15, 0.2) is 0 Å². The molecular formula is C12H21N. The molecule has 0 spiro atoms. The highest BCUT2D eigenvalue weighted by Crippen LogP contribution is 2.26. The van der Waals surface area contributed by atoms with Crippen molar-refractivity contribution in [3.8, 4) is 12.3 Å². The number of nitrogens with one attached hydrogen (secondary N) is 1. The van der Waals surface area contributed by atoms with E-state index in [0.717, 1.165) is 5.92 Å². The molecule has 1 heteroatoms. The maximum atomic E-state index is 5.34. The fourth-order valence-electron chi connectivity index (χ4n) is 2.21. The van der Waals surface area contributed by atoms with Crippen LogP contribution in [-0.2, 0) is 0 Å². The molecule has 0 radical (unpaired) electrons. The zero-order valence-corrected chi connectivity index (χ0v) is 8.84. The second kappa shape index (κ2) is 5.29. The normalized spacial score (nSPS) is 23.5. The van der Waals surface area contributed by atoms with Gasteiger partial charge in [-0.25, -0.2) is 0 Å². The van der Waals surface area contributed by atoms with Crippen LogP contribution >= 0.6 is 0 Å². The smallest absolute Gasteiger partial charge is 0.0660 e. The molecule has 2 atom stereocenters. The van der Waals surface area contributed by atoms with E-state index in [0.29, 0.717) is 6.04 Å². The average Bonchev–Trinajstić information content (AvgIpc) is 2.19. The van der Waals surface area contributed by atoms with Gasteiger partial charge in [0.1, 0.15) is 0 Å². The van der Waals surface area contributed by atoms with Gasteiger partial charge in [-0.15, -0.1) is 6.42 Å². The van der Waals surface area contributed by atoms with E-state index in [-0.39, 0.29) is 6.04 Å². The van der Waals surface area contributed by atoms with Crippen molar-refractivity contribution in [2.75, 3.05) is 0 Å². The van der Waals surface area contributed by atoms with E-state index in [4.69, 9.17) is 6.42 Å². The van der Waals surface area contributed by atoms with Crippen LogP contribution < -0.4 is 5.32 Å². The van der Waals surface area contributed by atoms with E-state index in [2.05, 4.69) is 25.1 Å². The molecule has 0 aliphatic heterocycles. The van der Waals surface area contributed by atoms with Gasteiger partial charge in [-0.2, -0.15) is 0 Å². The van der Waals surface area contributed by atoms with E-state index in [1.807, 2.05) is 0 Å². The van der Waals surface area contributed by atoms with Gasteiger partial charge in [-0.3, -0.25) is 0 Å². The summed E-state index contributed by atoms with van der Waals surface area (Å²) in [7, 11) is 0. The van der Waals surface area contributed by atoms with Crippen LogP contribution in [0.15, 0.2) is 0 Å². The maximum Gasteiger partial charge on any atom is 0.0660 e. The van der Waals surface area contributed by atoms with Gasteiger partial charge in [0, 0.05) is 6.04 Å². The largest absolute Gasteiger partial charge is 0.301 e. The van der Waals surface area contributed by atoms with E-state index in [9.17, 15) is 0 Å². The Labute approximate surface area is 82.3 Å². The number of rotatable bonds is 3. The third-order valence-corrected chi connectivity index (χ3v) is 3.12. The number of hydrogen-bond donors (Lipinski definition) is 1. The highest BCUT2D eigenvalue weighted by molar-refractivity contribution is 4.97. The van der Waals surface area contributed by atoms with Crippen molar-refractivity contribution < 1.29 is 0 Å². The first kappa shape index (κ1) is 10.6. The second-order valence-corrected chi connectivity index (χ2v) is 4.24. The second-order valence-electron chi connectivity index (χ2n) is 4.24. The molecule has 0 aromatic heterocycles. The average molecular weight is 179 g/mol. The Hall–Kier alpha value is -0.480. The van der Waals surface area contributed by atoms with Gasteiger partial charge in [0.25, 0.3) is 0 Å². The molecule has 1 unspecified atom stereocenters. The minimum absolute atomic E-state index is 0.219. The van der Waals surface area contributed by atoms with Gasteiger partial charge >= 0.3 is 0 Å². The molecule has 0 bridgehead atoms. The third-order valence-electron chi connectivity index (χ3n) is 3.12. The molecule has 1 aliphatic carbocycles. The number of hydrogen-bond acceptors (Lipinski definition) is 1. The van der Waals surface area contributed by atoms with E-state index < -0.39 is 0 Å². The van der Waals surface area contributed by atoms with Crippen molar-refractivity contribution in [2.24, 2.45) is 5.92 Å². The predicted octanol–water partition coefficient (Wildman–Crippen LogP) is 2.57. The lowest BCUT2D eigenvalue weighted by Gasteiger charge is -2.29. The fourth-order valence-corrected chi connectivity index (χ4v) is 2.21. The summed E-state index contributed by atoms with van der Waals surface area (Å²) in [6.45, 7) is 4.32. The molecule has 0 amide bonds. The van der Waals surface area contributed by atoms with Crippen LogP contribution in [0.5, 0.6) is 0 Å². The quantitative estimate of drug-likeness (QED) is 0.657. The first-order valence-corrected chi connectivity index (χ1v) is 5.46. The molecule has 0 saturated heterocycles. The monoisotopic (exact) mass is 179 g/mol. The Bertz CT molecular complexity index is 174. The molecule has 0 aromatic rings. The minimum atomic E-state index is 0.219. The van der Waals surface area contributed by atoms with Crippen molar-refractivity contribution in [1.82, 2.24) is 5.32 Å². The van der Waals surface area contributed by atoms with Gasteiger partial charge in [-0.1, -0.05) is 25.2 Å². The summed E-state index contributed by atoms with van der Waals surface area (Å²) in [6.07, 6.45) is 12.3. The minimum Gasteiger partial charge on any atom is -0.301 e. The zero-order chi connectivity index (χ0) is 9.68. The topological polar surface area (TPSA) is 12.0 Å². The summed E-state index contributed by atoms with van der Waals surface area (Å²) in [4.78, 5) is 0. The Balaban J connectivity index is 2.29. The fraction of sp³-hybridized carbons (Fsp3) is 0.833. The summed E-state index contributed by atoms with van der Waals surface area (Å²) in [5, 5.41) is 3.46. The Morgan fingerprint density at radius 2 is 1.85 bits per heavy atom. The summed E-state index contributed by atoms with van der Waals surface area (Å²) in [6, 6.07) is 0.809. The van der Waals surface area contributed by atoms with Gasteiger partial charge < -0.3 is 5.32 Å². The zero-order valence-electron chi connectivity index (χ0n) is 8.84. The van der Waals surface area contributed by atoms with Crippen LogP contribution in [0.1, 0.15) is 46.0 Å². The highest BCUT2D eigenvalue weighted by atomic mass is 14.9. The van der Waals surface area contributed by atoms with Crippen LogP contribution in [0.3, 0.4) is 0 Å². The molecule has 1 N–H and O–H groups in total. The van der Waals surface area contributed by atoms with Gasteiger partial charge in [0.05, 0.1) is 6.04 Å². The van der Waals surface area contributed by atoms with Crippen LogP contribution in [-0.4, -0.2) is 12.1 Å². The van der Waals surface area contributed by atoms with Crippen molar-refractivity contribution in [2.45, 2.75) is 58.0 Å². The number of terminal acetylenes is 1. The van der Waals surface area contributed by atoms with Crippen LogP contribution in [0, 0.1) is 18.3 Å². The van der Waals surface area contributed by atoms with E-state index >= 15 is 0 Å².